The Hall–Kier alpha value is -0.980. The Bertz CT molecular complexity index is 333. The highest BCUT2D eigenvalue weighted by molar-refractivity contribution is 5.30. The average molecular weight is 219 g/mol. The fourth-order valence-corrected chi connectivity index (χ4v) is 2.33. The van der Waals surface area contributed by atoms with Gasteiger partial charge in [-0.1, -0.05) is 53.2 Å². The van der Waals surface area contributed by atoms with E-state index < -0.39 is 0 Å². The van der Waals surface area contributed by atoms with Crippen LogP contribution in [-0.4, -0.2) is 0 Å². The molecule has 0 saturated heterocycles. The van der Waals surface area contributed by atoms with Crippen molar-refractivity contribution in [2.45, 2.75) is 52.9 Å². The van der Waals surface area contributed by atoms with Gasteiger partial charge in [0.15, 0.2) is 5.75 Å². The average Bonchev–Trinajstić information content (AvgIpc) is 2.17. The fraction of sp³-hybridized carbons (Fsp3) is 0.600. The molecule has 0 aliphatic carbocycles. The molecule has 0 atom stereocenters. The van der Waals surface area contributed by atoms with Crippen LogP contribution in [0.15, 0.2) is 24.3 Å². The number of hydrogen-bond donors (Lipinski definition) is 0. The Labute approximate surface area is 99.5 Å². The lowest BCUT2D eigenvalue weighted by molar-refractivity contribution is 0.248. The quantitative estimate of drug-likeness (QED) is 0.684. The monoisotopic (exact) mass is 219 g/mol. The predicted molar refractivity (Wildman–Crippen MR) is 68.3 cm³/mol. The Morgan fingerprint density at radius 3 is 1.94 bits per heavy atom. The first-order valence-electron chi connectivity index (χ1n) is 6.04. The molecule has 0 aliphatic heterocycles. The summed E-state index contributed by atoms with van der Waals surface area (Å²) >= 11 is 0. The molecule has 0 saturated carbocycles. The molecule has 1 radical (unpaired) electrons. The van der Waals surface area contributed by atoms with Gasteiger partial charge in [0, 0.05) is 0 Å². The van der Waals surface area contributed by atoms with Gasteiger partial charge in [-0.05, 0) is 34.9 Å². The predicted octanol–water partition coefficient (Wildman–Crippen LogP) is 4.93. The second-order valence-electron chi connectivity index (χ2n) is 6.10. The zero-order valence-corrected chi connectivity index (χ0v) is 11.1. The lowest BCUT2D eigenvalue weighted by atomic mass is 9.70. The van der Waals surface area contributed by atoms with Crippen LogP contribution in [0.5, 0.6) is 5.75 Å². The third-order valence-electron chi connectivity index (χ3n) is 3.51. The third kappa shape index (κ3) is 3.26. The van der Waals surface area contributed by atoms with Crippen LogP contribution < -0.4 is 0 Å². The lowest BCUT2D eigenvalue weighted by Gasteiger charge is -2.34. The summed E-state index contributed by atoms with van der Waals surface area (Å²) in [5.74, 6) is 0.0919. The van der Waals surface area contributed by atoms with Crippen LogP contribution in [0.25, 0.3) is 0 Å². The number of benzene rings is 1. The van der Waals surface area contributed by atoms with E-state index >= 15 is 0 Å². The fourth-order valence-electron chi connectivity index (χ4n) is 2.33. The largest absolute Gasteiger partial charge is 0.290 e. The van der Waals surface area contributed by atoms with Gasteiger partial charge >= 0.3 is 0 Å². The van der Waals surface area contributed by atoms with E-state index in [1.165, 1.54) is 12.0 Å². The molecule has 1 rings (SSSR count). The SMILES string of the molecule is CCC(C)(C)CC(C)(C)c1ccc([O])cc1. The van der Waals surface area contributed by atoms with Gasteiger partial charge < -0.3 is 0 Å². The molecule has 1 nitrogen and oxygen atoms in total. The van der Waals surface area contributed by atoms with Crippen LogP contribution >= 0.6 is 0 Å². The Morgan fingerprint density at radius 2 is 1.50 bits per heavy atom. The molecule has 0 spiro atoms. The topological polar surface area (TPSA) is 19.9 Å². The van der Waals surface area contributed by atoms with Crippen molar-refractivity contribution in [2.24, 2.45) is 5.41 Å². The second-order valence-corrected chi connectivity index (χ2v) is 6.10. The molecule has 0 aromatic heterocycles. The first-order chi connectivity index (χ1) is 7.27. The highest BCUT2D eigenvalue weighted by Crippen LogP contribution is 2.38. The molecule has 1 heteroatoms. The molecule has 1 aromatic rings. The van der Waals surface area contributed by atoms with Crippen molar-refractivity contribution in [2.75, 3.05) is 0 Å². The van der Waals surface area contributed by atoms with Crippen LogP contribution in [-0.2, 0) is 10.5 Å². The van der Waals surface area contributed by atoms with Gasteiger partial charge in [-0.15, -0.1) is 0 Å². The minimum absolute atomic E-state index is 0.0919. The maximum Gasteiger partial charge on any atom is 0.178 e. The molecule has 0 fully saturated rings. The maximum atomic E-state index is 11.1. The van der Waals surface area contributed by atoms with Crippen molar-refractivity contribution in [3.63, 3.8) is 0 Å². The second kappa shape index (κ2) is 4.48. The van der Waals surface area contributed by atoms with E-state index in [1.807, 2.05) is 12.1 Å². The highest BCUT2D eigenvalue weighted by atomic mass is 16.3. The van der Waals surface area contributed by atoms with Crippen molar-refractivity contribution in [1.29, 1.82) is 0 Å². The van der Waals surface area contributed by atoms with Crippen LogP contribution in [0.4, 0.5) is 0 Å². The normalized spacial score (nSPS) is 12.8. The maximum absolute atomic E-state index is 11.1. The molecule has 1 aromatic carbocycles. The van der Waals surface area contributed by atoms with Crippen LogP contribution in [0.2, 0.25) is 0 Å². The zero-order valence-electron chi connectivity index (χ0n) is 11.1. The zero-order chi connectivity index (χ0) is 12.4. The molecule has 0 N–H and O–H groups in total. The molecule has 89 valence electrons. The third-order valence-corrected chi connectivity index (χ3v) is 3.51. The first-order valence-corrected chi connectivity index (χ1v) is 6.04. The van der Waals surface area contributed by atoms with Crippen molar-refractivity contribution >= 4 is 0 Å². The highest BCUT2D eigenvalue weighted by Gasteiger charge is 2.28. The van der Waals surface area contributed by atoms with Crippen molar-refractivity contribution in [1.82, 2.24) is 0 Å². The summed E-state index contributed by atoms with van der Waals surface area (Å²) in [5, 5.41) is 11.1. The molecule has 0 heterocycles. The Balaban J connectivity index is 2.89. The Kier molecular flexibility index (Phi) is 3.67. The minimum atomic E-state index is 0.0919. The van der Waals surface area contributed by atoms with E-state index in [1.54, 1.807) is 12.1 Å². The van der Waals surface area contributed by atoms with Gasteiger partial charge in [0.1, 0.15) is 0 Å². The summed E-state index contributed by atoms with van der Waals surface area (Å²) < 4.78 is 0. The van der Waals surface area contributed by atoms with Crippen LogP contribution in [0.3, 0.4) is 0 Å². The molecular formula is C15H23O. The van der Waals surface area contributed by atoms with E-state index in [-0.39, 0.29) is 11.2 Å². The van der Waals surface area contributed by atoms with E-state index in [0.717, 1.165) is 6.42 Å². The lowest BCUT2D eigenvalue weighted by Crippen LogP contribution is -2.26. The van der Waals surface area contributed by atoms with Gasteiger partial charge in [-0.25, -0.2) is 0 Å². The van der Waals surface area contributed by atoms with Gasteiger partial charge in [0.05, 0.1) is 0 Å². The molecule has 0 aliphatic rings. The summed E-state index contributed by atoms with van der Waals surface area (Å²) in [6, 6.07) is 7.26. The standard InChI is InChI=1S/C15H23O/c1-6-14(2,3)11-15(4,5)12-7-9-13(16)10-8-12/h7-10H,6,11H2,1-5H3. The van der Waals surface area contributed by atoms with Crippen molar-refractivity contribution in [3.8, 4) is 5.75 Å². The molecule has 0 unspecified atom stereocenters. The smallest absolute Gasteiger partial charge is 0.178 e. The van der Waals surface area contributed by atoms with Crippen molar-refractivity contribution < 1.29 is 5.11 Å². The summed E-state index contributed by atoms with van der Waals surface area (Å²) in [6.45, 7) is 11.3. The van der Waals surface area contributed by atoms with Crippen LogP contribution in [0, 0.1) is 5.41 Å². The molecule has 16 heavy (non-hydrogen) atoms. The summed E-state index contributed by atoms with van der Waals surface area (Å²) in [7, 11) is 0. The molecular weight excluding hydrogens is 196 g/mol. The van der Waals surface area contributed by atoms with Gasteiger partial charge in [-0.2, -0.15) is 0 Å². The first kappa shape index (κ1) is 13.1. The number of hydrogen-bond acceptors (Lipinski definition) is 0. The van der Waals surface area contributed by atoms with E-state index in [9.17, 15) is 5.11 Å². The molecule has 0 amide bonds. The van der Waals surface area contributed by atoms with Crippen LogP contribution in [0.1, 0.15) is 53.0 Å². The Morgan fingerprint density at radius 1 is 1.00 bits per heavy atom. The minimum Gasteiger partial charge on any atom is -0.290 e. The van der Waals surface area contributed by atoms with Crippen molar-refractivity contribution in [3.05, 3.63) is 29.8 Å². The van der Waals surface area contributed by atoms with Gasteiger partial charge in [-0.3, -0.25) is 5.11 Å². The molecule has 0 bridgehead atoms. The van der Waals surface area contributed by atoms with E-state index in [2.05, 4.69) is 34.6 Å². The number of rotatable bonds is 4. The van der Waals surface area contributed by atoms with E-state index in [0.29, 0.717) is 5.41 Å². The summed E-state index contributed by atoms with van der Waals surface area (Å²) in [6.07, 6.45) is 2.31. The summed E-state index contributed by atoms with van der Waals surface area (Å²) in [4.78, 5) is 0. The summed E-state index contributed by atoms with van der Waals surface area (Å²) in [5.41, 5.74) is 1.74. The van der Waals surface area contributed by atoms with E-state index in [4.69, 9.17) is 0 Å². The van der Waals surface area contributed by atoms with Gasteiger partial charge in [0.2, 0.25) is 0 Å². The van der Waals surface area contributed by atoms with Gasteiger partial charge in [0.25, 0.3) is 0 Å².